The maximum absolute atomic E-state index is 6.95. The molecule has 4 aromatic rings. The van der Waals surface area contributed by atoms with Crippen LogP contribution in [0.5, 0.6) is 0 Å². The van der Waals surface area contributed by atoms with Gasteiger partial charge in [-0.3, -0.25) is 4.98 Å². The second-order valence-electron chi connectivity index (χ2n) is 10.8. The molecular formula is C31H29Cl3N4OS. The zero-order valence-electron chi connectivity index (χ0n) is 22.2. The van der Waals surface area contributed by atoms with E-state index in [0.29, 0.717) is 37.8 Å². The van der Waals surface area contributed by atoms with Crippen molar-refractivity contribution in [2.45, 2.75) is 32.4 Å². The minimum Gasteiger partial charge on any atom is -0.459 e. The zero-order valence-corrected chi connectivity index (χ0v) is 25.2. The zero-order chi connectivity index (χ0) is 28.0. The van der Waals surface area contributed by atoms with Crippen molar-refractivity contribution in [1.82, 2.24) is 10.3 Å². The summed E-state index contributed by atoms with van der Waals surface area (Å²) in [4.78, 5) is 9.10. The summed E-state index contributed by atoms with van der Waals surface area (Å²) in [6, 6.07) is 20.8. The third kappa shape index (κ3) is 5.30. The topological polar surface area (TPSA) is 44.5 Å². The van der Waals surface area contributed by atoms with E-state index >= 15 is 0 Å². The van der Waals surface area contributed by atoms with Gasteiger partial charge < -0.3 is 19.5 Å². The van der Waals surface area contributed by atoms with Crippen LogP contribution < -0.4 is 15.1 Å². The van der Waals surface area contributed by atoms with Crippen molar-refractivity contribution in [3.8, 4) is 11.3 Å². The lowest BCUT2D eigenvalue weighted by Crippen LogP contribution is -2.38. The molecule has 4 heterocycles. The molecule has 2 aromatic heterocycles. The summed E-state index contributed by atoms with van der Waals surface area (Å²) < 4.78 is 6.46. The second-order valence-corrected chi connectivity index (χ2v) is 12.4. The highest BCUT2D eigenvalue weighted by molar-refractivity contribution is 7.80. The molecule has 1 N–H and O–H groups in total. The number of hydrogen-bond acceptors (Lipinski definition) is 4. The predicted octanol–water partition coefficient (Wildman–Crippen LogP) is 8.96. The molecule has 4 unspecified atom stereocenters. The fraction of sp³-hybridized carbons (Fsp3) is 0.290. The van der Waals surface area contributed by atoms with Gasteiger partial charge in [0.1, 0.15) is 17.6 Å². The third-order valence-electron chi connectivity index (χ3n) is 7.63. The smallest absolute Gasteiger partial charge is 0.174 e. The first-order chi connectivity index (χ1) is 19.3. The standard InChI is InChI=1S/C31H29Cl3N4OS/c1-18-13-19(2)17-37(16-18)26-9-7-21(15-24(26)34)38-30(29(36-31(38)40)25-5-3-4-12-35-25)28-11-10-27(39-28)22-8-6-20(32)14-23(22)33/h3-12,14-15,18-19,29-30H,13,16-17H2,1-2H3,(H,36,40). The number of nitrogens with zero attached hydrogens (tertiary/aromatic N) is 3. The molecule has 9 heteroatoms. The third-order valence-corrected chi connectivity index (χ3v) is 8.80. The van der Waals surface area contributed by atoms with Crippen LogP contribution in [0.15, 0.2) is 77.3 Å². The first-order valence-electron chi connectivity index (χ1n) is 13.4. The number of nitrogens with one attached hydrogen (secondary N) is 1. The summed E-state index contributed by atoms with van der Waals surface area (Å²) >= 11 is 25.5. The van der Waals surface area contributed by atoms with Crippen molar-refractivity contribution in [3.63, 3.8) is 0 Å². The van der Waals surface area contributed by atoms with E-state index in [1.165, 1.54) is 6.42 Å². The summed E-state index contributed by atoms with van der Waals surface area (Å²) in [7, 11) is 0. The van der Waals surface area contributed by atoms with Gasteiger partial charge in [-0.1, -0.05) is 54.7 Å². The average molecular weight is 612 g/mol. The Kier molecular flexibility index (Phi) is 7.71. The van der Waals surface area contributed by atoms with E-state index in [2.05, 4.69) is 46.1 Å². The lowest BCUT2D eigenvalue weighted by molar-refractivity contribution is 0.357. The van der Waals surface area contributed by atoms with E-state index in [0.717, 1.165) is 41.5 Å². The molecule has 0 radical (unpaired) electrons. The van der Waals surface area contributed by atoms with E-state index < -0.39 is 0 Å². The van der Waals surface area contributed by atoms with Gasteiger partial charge in [0.2, 0.25) is 0 Å². The highest BCUT2D eigenvalue weighted by atomic mass is 35.5. The number of piperidine rings is 1. The van der Waals surface area contributed by atoms with Crippen molar-refractivity contribution < 1.29 is 4.42 Å². The molecule has 4 atom stereocenters. The number of rotatable bonds is 5. The van der Waals surface area contributed by atoms with Crippen LogP contribution in [0.25, 0.3) is 11.3 Å². The van der Waals surface area contributed by atoms with Crippen molar-refractivity contribution >= 4 is 63.5 Å². The Balaban J connectivity index is 1.39. The van der Waals surface area contributed by atoms with Crippen molar-refractivity contribution in [1.29, 1.82) is 0 Å². The lowest BCUT2D eigenvalue weighted by Gasteiger charge is -2.37. The molecule has 0 saturated carbocycles. The Bertz CT molecular complexity index is 1530. The fourth-order valence-electron chi connectivity index (χ4n) is 6.03. The molecule has 0 aliphatic carbocycles. The summed E-state index contributed by atoms with van der Waals surface area (Å²) in [5.41, 5.74) is 3.57. The number of aromatic nitrogens is 1. The molecule has 0 amide bonds. The summed E-state index contributed by atoms with van der Waals surface area (Å²) in [6.45, 7) is 6.60. The van der Waals surface area contributed by atoms with Crippen LogP contribution in [0.3, 0.4) is 0 Å². The first kappa shape index (κ1) is 27.4. The average Bonchev–Trinajstić information content (AvgIpc) is 3.53. The highest BCUT2D eigenvalue weighted by Crippen LogP contribution is 2.45. The van der Waals surface area contributed by atoms with Crippen molar-refractivity contribution in [3.05, 3.63) is 99.4 Å². The fourth-order valence-corrected chi connectivity index (χ4v) is 7.17. The Morgan fingerprint density at radius 1 is 0.925 bits per heavy atom. The van der Waals surface area contributed by atoms with E-state index in [1.807, 2.05) is 42.5 Å². The van der Waals surface area contributed by atoms with Crippen LogP contribution in [0.2, 0.25) is 15.1 Å². The molecule has 2 aliphatic heterocycles. The molecule has 2 aliphatic rings. The van der Waals surface area contributed by atoms with Crippen molar-refractivity contribution in [2.75, 3.05) is 22.9 Å². The highest BCUT2D eigenvalue weighted by Gasteiger charge is 2.43. The quantitative estimate of drug-likeness (QED) is 0.227. The van der Waals surface area contributed by atoms with Gasteiger partial charge in [0, 0.05) is 35.6 Å². The van der Waals surface area contributed by atoms with E-state index in [4.69, 9.17) is 51.4 Å². The number of benzene rings is 2. The molecule has 2 fully saturated rings. The van der Waals surface area contributed by atoms with Crippen LogP contribution in [-0.2, 0) is 0 Å². The maximum Gasteiger partial charge on any atom is 0.174 e. The molecule has 6 rings (SSSR count). The maximum atomic E-state index is 6.95. The van der Waals surface area contributed by atoms with Gasteiger partial charge in [-0.15, -0.1) is 0 Å². The Morgan fingerprint density at radius 2 is 1.73 bits per heavy atom. The number of anilines is 2. The Labute approximate surface area is 255 Å². The predicted molar refractivity (Wildman–Crippen MR) is 169 cm³/mol. The minimum absolute atomic E-state index is 0.240. The van der Waals surface area contributed by atoms with E-state index in [9.17, 15) is 0 Å². The SMILES string of the molecule is CC1CC(C)CN(c2ccc(N3C(=S)NC(c4ccccn4)C3c3ccc(-c4ccc(Cl)cc4Cl)o3)cc2Cl)C1. The summed E-state index contributed by atoms with van der Waals surface area (Å²) in [6.07, 6.45) is 3.02. The van der Waals surface area contributed by atoms with Gasteiger partial charge in [0.05, 0.1) is 27.5 Å². The van der Waals surface area contributed by atoms with Crippen LogP contribution in [0.4, 0.5) is 11.4 Å². The Morgan fingerprint density at radius 3 is 2.42 bits per heavy atom. The van der Waals surface area contributed by atoms with Gasteiger partial charge in [0.25, 0.3) is 0 Å². The number of hydrogen-bond donors (Lipinski definition) is 1. The van der Waals surface area contributed by atoms with E-state index in [-0.39, 0.29) is 12.1 Å². The van der Waals surface area contributed by atoms with Crippen molar-refractivity contribution in [2.24, 2.45) is 11.8 Å². The minimum atomic E-state index is -0.306. The van der Waals surface area contributed by atoms with Crippen LogP contribution in [0.1, 0.15) is 43.8 Å². The Hall–Kier alpha value is -2.77. The largest absolute Gasteiger partial charge is 0.459 e. The number of furan rings is 1. The number of thiocarbonyl (C=S) groups is 1. The van der Waals surface area contributed by atoms with Gasteiger partial charge in [-0.25, -0.2) is 0 Å². The van der Waals surface area contributed by atoms with Gasteiger partial charge in [-0.2, -0.15) is 0 Å². The molecule has 2 aromatic carbocycles. The van der Waals surface area contributed by atoms with Crippen LogP contribution in [0, 0.1) is 11.8 Å². The normalized spacial score (nSPS) is 23.0. The number of halogens is 3. The van der Waals surface area contributed by atoms with Gasteiger partial charge in [0.15, 0.2) is 5.11 Å². The lowest BCUT2D eigenvalue weighted by atomic mass is 9.91. The molecule has 5 nitrogen and oxygen atoms in total. The van der Waals surface area contributed by atoms with E-state index in [1.54, 1.807) is 18.3 Å². The second kappa shape index (κ2) is 11.2. The monoisotopic (exact) mass is 610 g/mol. The number of pyridine rings is 1. The van der Waals surface area contributed by atoms with Gasteiger partial charge in [-0.05, 0) is 91.1 Å². The summed E-state index contributed by atoms with van der Waals surface area (Å²) in [5.74, 6) is 2.63. The molecule has 40 heavy (non-hydrogen) atoms. The first-order valence-corrected chi connectivity index (χ1v) is 14.9. The molecule has 0 spiro atoms. The molecule has 0 bridgehead atoms. The molecular weight excluding hydrogens is 583 g/mol. The molecule has 206 valence electrons. The molecule has 2 saturated heterocycles. The van der Waals surface area contributed by atoms with Crippen LogP contribution >= 0.6 is 47.0 Å². The summed E-state index contributed by atoms with van der Waals surface area (Å²) in [5, 5.41) is 5.86. The van der Waals surface area contributed by atoms with Crippen LogP contribution in [-0.4, -0.2) is 23.2 Å². The van der Waals surface area contributed by atoms with Gasteiger partial charge >= 0.3 is 0 Å².